The van der Waals surface area contributed by atoms with Gasteiger partial charge in [0, 0.05) is 36.5 Å². The Hall–Kier alpha value is -3.22. The molecular weight excluding hydrogens is 342 g/mol. The van der Waals surface area contributed by atoms with E-state index >= 15 is 0 Å². The number of amides is 1. The quantitative estimate of drug-likeness (QED) is 0.770. The number of hydrogen-bond acceptors (Lipinski definition) is 5. The molecule has 3 heterocycles. The minimum Gasteiger partial charge on any atom is -0.496 e. The van der Waals surface area contributed by atoms with Gasteiger partial charge in [-0.1, -0.05) is 12.1 Å². The van der Waals surface area contributed by atoms with Crippen molar-refractivity contribution in [2.24, 2.45) is 0 Å². The molecule has 1 amide bonds. The van der Waals surface area contributed by atoms with E-state index in [9.17, 15) is 4.79 Å². The average Bonchev–Trinajstić information content (AvgIpc) is 3.24. The summed E-state index contributed by atoms with van der Waals surface area (Å²) in [5.41, 5.74) is 3.02. The second-order valence-corrected chi connectivity index (χ2v) is 6.59. The third kappa shape index (κ3) is 3.53. The lowest BCUT2D eigenvalue weighted by molar-refractivity contribution is 0.0700. The number of nitrogens with one attached hydrogen (secondary N) is 1. The molecule has 0 bridgehead atoms. The van der Waals surface area contributed by atoms with Crippen molar-refractivity contribution in [3.63, 3.8) is 0 Å². The van der Waals surface area contributed by atoms with Gasteiger partial charge in [0.25, 0.3) is 5.91 Å². The van der Waals surface area contributed by atoms with Crippen LogP contribution in [0.5, 0.6) is 5.75 Å². The minimum absolute atomic E-state index is 0.0394. The van der Waals surface area contributed by atoms with Crippen LogP contribution in [0.2, 0.25) is 0 Å². The van der Waals surface area contributed by atoms with Gasteiger partial charge >= 0.3 is 0 Å². The number of ether oxygens (including phenoxy) is 1. The molecule has 1 fully saturated rings. The van der Waals surface area contributed by atoms with Gasteiger partial charge in [0.15, 0.2) is 0 Å². The molecule has 1 aliphatic rings. The molecule has 1 N–H and O–H groups in total. The summed E-state index contributed by atoms with van der Waals surface area (Å²) in [6, 6.07) is 11.3. The van der Waals surface area contributed by atoms with Crippen molar-refractivity contribution in [1.29, 1.82) is 0 Å². The maximum atomic E-state index is 13.0. The molecule has 138 valence electrons. The van der Waals surface area contributed by atoms with Gasteiger partial charge in [0.1, 0.15) is 17.8 Å². The van der Waals surface area contributed by atoms with Crippen molar-refractivity contribution in [3.05, 3.63) is 60.3 Å². The van der Waals surface area contributed by atoms with E-state index < -0.39 is 0 Å². The fraction of sp³-hybridized carbons (Fsp3) is 0.300. The Bertz CT molecular complexity index is 925. The smallest absolute Gasteiger partial charge is 0.271 e. The number of para-hydroxylation sites is 1. The summed E-state index contributed by atoms with van der Waals surface area (Å²) in [6.45, 7) is 1.39. The van der Waals surface area contributed by atoms with Crippen molar-refractivity contribution in [2.45, 2.75) is 18.8 Å². The molecule has 27 heavy (non-hydrogen) atoms. The first-order valence-corrected chi connectivity index (χ1v) is 9.00. The number of hydrogen-bond donors (Lipinski definition) is 1. The van der Waals surface area contributed by atoms with Gasteiger partial charge in [-0.15, -0.1) is 0 Å². The lowest BCUT2D eigenvalue weighted by atomic mass is 9.94. The van der Waals surface area contributed by atoms with Gasteiger partial charge in [0.2, 0.25) is 0 Å². The number of piperidine rings is 1. The molecule has 1 atom stereocenters. The van der Waals surface area contributed by atoms with E-state index in [0.717, 1.165) is 36.4 Å². The van der Waals surface area contributed by atoms with Crippen LogP contribution < -0.4 is 4.74 Å². The summed E-state index contributed by atoms with van der Waals surface area (Å²) >= 11 is 0. The maximum absolute atomic E-state index is 13.0. The van der Waals surface area contributed by atoms with Crippen LogP contribution in [0.3, 0.4) is 0 Å². The van der Waals surface area contributed by atoms with Crippen molar-refractivity contribution in [1.82, 2.24) is 25.1 Å². The number of H-pyrrole nitrogens is 1. The first kappa shape index (κ1) is 17.2. The number of rotatable bonds is 4. The molecule has 0 saturated carbocycles. The average molecular weight is 363 g/mol. The van der Waals surface area contributed by atoms with E-state index in [0.29, 0.717) is 17.9 Å². The molecule has 0 radical (unpaired) electrons. The Morgan fingerprint density at radius 3 is 3.00 bits per heavy atom. The Labute approximate surface area is 157 Å². The summed E-state index contributed by atoms with van der Waals surface area (Å²) in [7, 11) is 1.62. The summed E-state index contributed by atoms with van der Waals surface area (Å²) in [4.78, 5) is 23.2. The number of carbonyl (C=O) groups is 1. The van der Waals surface area contributed by atoms with Crippen LogP contribution in [0.1, 0.15) is 34.9 Å². The van der Waals surface area contributed by atoms with Gasteiger partial charge in [0.05, 0.1) is 12.8 Å². The molecule has 1 aromatic carbocycles. The topological polar surface area (TPSA) is 84.0 Å². The molecule has 1 aliphatic heterocycles. The SMILES string of the molecule is COc1ccccc1-c1cc(C(=O)N2CCCC(c3ccncn3)C2)[nH]n1. The lowest BCUT2D eigenvalue weighted by Crippen LogP contribution is -2.39. The predicted octanol–water partition coefficient (Wildman–Crippen LogP) is 2.90. The van der Waals surface area contributed by atoms with Crippen LogP contribution in [0.25, 0.3) is 11.3 Å². The Morgan fingerprint density at radius 1 is 1.30 bits per heavy atom. The van der Waals surface area contributed by atoms with Gasteiger partial charge in [-0.25, -0.2) is 9.97 Å². The fourth-order valence-electron chi connectivity index (χ4n) is 3.54. The van der Waals surface area contributed by atoms with Crippen LogP contribution >= 0.6 is 0 Å². The van der Waals surface area contributed by atoms with Crippen molar-refractivity contribution < 1.29 is 9.53 Å². The molecule has 7 nitrogen and oxygen atoms in total. The highest BCUT2D eigenvalue weighted by Gasteiger charge is 2.27. The zero-order valence-corrected chi connectivity index (χ0v) is 15.1. The van der Waals surface area contributed by atoms with E-state index in [1.165, 1.54) is 0 Å². The number of nitrogens with zero attached hydrogens (tertiary/aromatic N) is 4. The number of aromatic amines is 1. The molecule has 4 rings (SSSR count). The third-order valence-electron chi connectivity index (χ3n) is 4.92. The Morgan fingerprint density at radius 2 is 2.19 bits per heavy atom. The normalized spacial score (nSPS) is 16.9. The molecule has 0 spiro atoms. The Balaban J connectivity index is 1.52. The minimum atomic E-state index is -0.0394. The molecular formula is C20H21N5O2. The van der Waals surface area contributed by atoms with Crippen LogP contribution in [0, 0.1) is 0 Å². The molecule has 7 heteroatoms. The van der Waals surface area contributed by atoms with Crippen LogP contribution in [0.4, 0.5) is 0 Å². The van der Waals surface area contributed by atoms with Crippen molar-refractivity contribution in [3.8, 4) is 17.0 Å². The van der Waals surface area contributed by atoms with Gasteiger partial charge in [-0.3, -0.25) is 9.89 Å². The van der Waals surface area contributed by atoms with E-state index in [1.807, 2.05) is 35.2 Å². The highest BCUT2D eigenvalue weighted by Crippen LogP contribution is 2.29. The first-order valence-electron chi connectivity index (χ1n) is 9.00. The second kappa shape index (κ2) is 7.57. The first-order chi connectivity index (χ1) is 13.3. The number of carbonyl (C=O) groups excluding carboxylic acids is 1. The van der Waals surface area contributed by atoms with Gasteiger partial charge in [-0.2, -0.15) is 5.10 Å². The third-order valence-corrected chi connectivity index (χ3v) is 4.92. The number of likely N-dealkylation sites (tertiary alicyclic amines) is 1. The fourth-order valence-corrected chi connectivity index (χ4v) is 3.54. The largest absolute Gasteiger partial charge is 0.496 e. The van der Waals surface area contributed by atoms with Crippen LogP contribution in [-0.4, -0.2) is 51.2 Å². The van der Waals surface area contributed by atoms with Gasteiger partial charge in [-0.05, 0) is 37.1 Å². The highest BCUT2D eigenvalue weighted by atomic mass is 16.5. The standard InChI is InChI=1S/C20H21N5O2/c1-27-19-7-3-2-6-15(19)17-11-18(24-23-17)20(26)25-10-4-5-14(12-25)16-8-9-21-13-22-16/h2-3,6-9,11,13-14H,4-5,10,12H2,1H3,(H,23,24). The lowest BCUT2D eigenvalue weighted by Gasteiger charge is -2.32. The van der Waals surface area contributed by atoms with E-state index in [2.05, 4.69) is 20.2 Å². The summed E-state index contributed by atoms with van der Waals surface area (Å²) in [5.74, 6) is 0.925. The van der Waals surface area contributed by atoms with E-state index in [-0.39, 0.29) is 11.8 Å². The predicted molar refractivity (Wildman–Crippen MR) is 100 cm³/mol. The number of aromatic nitrogens is 4. The Kier molecular flexibility index (Phi) is 4.82. The molecule has 3 aromatic rings. The van der Waals surface area contributed by atoms with Gasteiger partial charge < -0.3 is 9.64 Å². The molecule has 2 aromatic heterocycles. The van der Waals surface area contributed by atoms with Crippen LogP contribution in [0.15, 0.2) is 48.9 Å². The summed E-state index contributed by atoms with van der Waals surface area (Å²) < 4.78 is 5.39. The highest BCUT2D eigenvalue weighted by molar-refractivity contribution is 5.93. The summed E-state index contributed by atoms with van der Waals surface area (Å²) in [5, 5.41) is 7.20. The second-order valence-electron chi connectivity index (χ2n) is 6.59. The van der Waals surface area contributed by atoms with E-state index in [4.69, 9.17) is 4.74 Å². The monoisotopic (exact) mass is 363 g/mol. The molecule has 0 aliphatic carbocycles. The number of methoxy groups -OCH3 is 1. The molecule has 1 saturated heterocycles. The van der Waals surface area contributed by atoms with E-state index in [1.54, 1.807) is 25.7 Å². The summed E-state index contributed by atoms with van der Waals surface area (Å²) in [6.07, 6.45) is 5.28. The van der Waals surface area contributed by atoms with Crippen molar-refractivity contribution >= 4 is 5.91 Å². The molecule has 1 unspecified atom stereocenters. The zero-order valence-electron chi connectivity index (χ0n) is 15.1. The number of benzene rings is 1. The maximum Gasteiger partial charge on any atom is 0.271 e. The zero-order chi connectivity index (χ0) is 18.6. The van der Waals surface area contributed by atoms with Crippen molar-refractivity contribution in [2.75, 3.05) is 20.2 Å². The van der Waals surface area contributed by atoms with Crippen LogP contribution in [-0.2, 0) is 0 Å².